The molecule has 0 bridgehead atoms. The van der Waals surface area contributed by atoms with E-state index in [4.69, 9.17) is 16.0 Å². The lowest BCUT2D eigenvalue weighted by Crippen LogP contribution is -2.40. The standard InChI is InChI=1S/C16H22ClN3OSi/c1-16(2,3)22(4,5)21-11-7-6-9-20-10-8-13-14(20)15(17)19-12-18-13/h8,10,12H,9,11H2,1-5H3. The van der Waals surface area contributed by atoms with Gasteiger partial charge in [0.2, 0.25) is 0 Å². The zero-order valence-corrected chi connectivity index (χ0v) is 15.5. The number of nitrogens with zero attached hydrogens (tertiary/aromatic N) is 3. The predicted octanol–water partition coefficient (Wildman–Crippen LogP) is 4.11. The maximum atomic E-state index is 6.11. The van der Waals surface area contributed by atoms with Crippen molar-refractivity contribution in [3.05, 3.63) is 23.7 Å². The summed E-state index contributed by atoms with van der Waals surface area (Å²) in [5, 5.41) is 0.658. The van der Waals surface area contributed by atoms with Crippen molar-refractivity contribution in [1.82, 2.24) is 14.5 Å². The maximum absolute atomic E-state index is 6.11. The smallest absolute Gasteiger partial charge is 0.193 e. The molecule has 0 aliphatic rings. The van der Waals surface area contributed by atoms with Crippen molar-refractivity contribution < 1.29 is 4.43 Å². The molecule has 22 heavy (non-hydrogen) atoms. The minimum atomic E-state index is -1.72. The van der Waals surface area contributed by atoms with Crippen molar-refractivity contribution in [3.63, 3.8) is 0 Å². The third-order valence-electron chi connectivity index (χ3n) is 4.19. The SMILES string of the molecule is CC(C)(C)[Si](C)(C)OCC#CCn1ccc2ncnc(Cl)c21. The quantitative estimate of drug-likeness (QED) is 0.481. The summed E-state index contributed by atoms with van der Waals surface area (Å²) in [5.41, 5.74) is 1.66. The number of aromatic nitrogens is 3. The lowest BCUT2D eigenvalue weighted by Gasteiger charge is -2.35. The Morgan fingerprint density at radius 3 is 2.68 bits per heavy atom. The van der Waals surface area contributed by atoms with E-state index in [9.17, 15) is 0 Å². The van der Waals surface area contributed by atoms with E-state index in [1.54, 1.807) is 0 Å². The van der Waals surface area contributed by atoms with Crippen molar-refractivity contribution in [2.24, 2.45) is 0 Å². The van der Waals surface area contributed by atoms with Crippen LogP contribution in [0.4, 0.5) is 0 Å². The average molecular weight is 336 g/mol. The van der Waals surface area contributed by atoms with Gasteiger partial charge in [-0.15, -0.1) is 0 Å². The molecule has 0 N–H and O–H groups in total. The van der Waals surface area contributed by atoms with Crippen LogP contribution in [0.1, 0.15) is 20.8 Å². The molecule has 0 radical (unpaired) electrons. The summed E-state index contributed by atoms with van der Waals surface area (Å²) in [7, 11) is -1.72. The Kier molecular flexibility index (Phi) is 4.96. The monoisotopic (exact) mass is 335 g/mol. The van der Waals surface area contributed by atoms with Gasteiger partial charge in [-0.3, -0.25) is 0 Å². The highest BCUT2D eigenvalue weighted by Crippen LogP contribution is 2.36. The molecule has 0 aliphatic carbocycles. The molecule has 0 saturated carbocycles. The minimum absolute atomic E-state index is 0.205. The summed E-state index contributed by atoms with van der Waals surface area (Å²) < 4.78 is 7.99. The summed E-state index contributed by atoms with van der Waals surface area (Å²) in [6.07, 6.45) is 3.39. The van der Waals surface area contributed by atoms with E-state index >= 15 is 0 Å². The first-order valence-electron chi connectivity index (χ1n) is 7.27. The minimum Gasteiger partial charge on any atom is -0.406 e. The third kappa shape index (κ3) is 3.69. The molecule has 0 unspecified atom stereocenters. The first kappa shape index (κ1) is 17.0. The topological polar surface area (TPSA) is 39.9 Å². The average Bonchev–Trinajstić information content (AvgIpc) is 2.81. The van der Waals surface area contributed by atoms with Gasteiger partial charge < -0.3 is 8.99 Å². The number of hydrogen-bond acceptors (Lipinski definition) is 3. The Labute approximate surface area is 138 Å². The van der Waals surface area contributed by atoms with E-state index in [0.717, 1.165) is 11.0 Å². The summed E-state index contributed by atoms with van der Waals surface area (Å²) in [6.45, 7) is 12.1. The second kappa shape index (κ2) is 6.41. The fraction of sp³-hybridized carbons (Fsp3) is 0.500. The summed E-state index contributed by atoms with van der Waals surface area (Å²) in [4.78, 5) is 8.19. The first-order valence-corrected chi connectivity index (χ1v) is 10.6. The van der Waals surface area contributed by atoms with Gasteiger partial charge in [-0.25, -0.2) is 9.97 Å². The van der Waals surface area contributed by atoms with Crippen LogP contribution in [0.15, 0.2) is 18.6 Å². The second-order valence-electron chi connectivity index (χ2n) is 6.74. The zero-order valence-electron chi connectivity index (χ0n) is 13.8. The van der Waals surface area contributed by atoms with E-state index < -0.39 is 8.32 Å². The van der Waals surface area contributed by atoms with Gasteiger partial charge in [0.15, 0.2) is 13.5 Å². The van der Waals surface area contributed by atoms with Crippen molar-refractivity contribution in [2.75, 3.05) is 6.61 Å². The number of hydrogen-bond donors (Lipinski definition) is 0. The van der Waals surface area contributed by atoms with E-state index in [0.29, 0.717) is 18.3 Å². The molecule has 2 aromatic heterocycles. The van der Waals surface area contributed by atoms with Crippen LogP contribution < -0.4 is 0 Å². The lowest BCUT2D eigenvalue weighted by molar-refractivity contribution is 0.334. The van der Waals surface area contributed by atoms with Gasteiger partial charge in [0.1, 0.15) is 11.8 Å². The Morgan fingerprint density at radius 1 is 1.27 bits per heavy atom. The molecule has 0 saturated heterocycles. The molecule has 4 nitrogen and oxygen atoms in total. The molecule has 0 spiro atoms. The highest BCUT2D eigenvalue weighted by Gasteiger charge is 2.36. The van der Waals surface area contributed by atoms with E-state index in [-0.39, 0.29) is 5.04 Å². The van der Waals surface area contributed by atoms with Crippen LogP contribution in [-0.2, 0) is 11.0 Å². The Morgan fingerprint density at radius 2 is 2.00 bits per heavy atom. The van der Waals surface area contributed by atoms with Gasteiger partial charge in [0.25, 0.3) is 0 Å². The lowest BCUT2D eigenvalue weighted by atomic mass is 10.2. The summed E-state index contributed by atoms with van der Waals surface area (Å²) in [6, 6.07) is 1.91. The molecule has 0 amide bonds. The molecule has 6 heteroatoms. The fourth-order valence-electron chi connectivity index (χ4n) is 1.75. The van der Waals surface area contributed by atoms with Gasteiger partial charge >= 0.3 is 0 Å². The molecule has 2 heterocycles. The molecule has 0 aliphatic heterocycles. The van der Waals surface area contributed by atoms with Gasteiger partial charge in [-0.1, -0.05) is 44.2 Å². The van der Waals surface area contributed by atoms with E-state index in [1.165, 1.54) is 6.33 Å². The Hall–Kier alpha value is -1.35. The van der Waals surface area contributed by atoms with Crippen LogP contribution in [-0.4, -0.2) is 29.5 Å². The molecule has 0 aromatic carbocycles. The van der Waals surface area contributed by atoms with Crippen molar-refractivity contribution in [1.29, 1.82) is 0 Å². The van der Waals surface area contributed by atoms with Crippen LogP contribution >= 0.6 is 11.6 Å². The van der Waals surface area contributed by atoms with E-state index in [1.807, 2.05) is 16.8 Å². The largest absolute Gasteiger partial charge is 0.406 e. The summed E-state index contributed by atoms with van der Waals surface area (Å²) >= 11 is 6.11. The molecule has 2 rings (SSSR count). The number of halogens is 1. The highest BCUT2D eigenvalue weighted by atomic mass is 35.5. The molecule has 2 aromatic rings. The van der Waals surface area contributed by atoms with Gasteiger partial charge in [0.05, 0.1) is 18.7 Å². The second-order valence-corrected chi connectivity index (χ2v) is 11.9. The maximum Gasteiger partial charge on any atom is 0.193 e. The van der Waals surface area contributed by atoms with Crippen molar-refractivity contribution in [3.8, 4) is 11.8 Å². The molecule has 0 fully saturated rings. The van der Waals surface area contributed by atoms with Crippen LogP contribution in [0.25, 0.3) is 11.0 Å². The van der Waals surface area contributed by atoms with Crippen LogP contribution in [0, 0.1) is 11.8 Å². The Bertz CT molecular complexity index is 722. The molecular weight excluding hydrogens is 314 g/mol. The first-order chi connectivity index (χ1) is 10.2. The highest BCUT2D eigenvalue weighted by molar-refractivity contribution is 6.74. The van der Waals surface area contributed by atoms with Gasteiger partial charge in [-0.05, 0) is 24.2 Å². The third-order valence-corrected chi connectivity index (χ3v) is 8.95. The van der Waals surface area contributed by atoms with Crippen molar-refractivity contribution >= 4 is 31.0 Å². The van der Waals surface area contributed by atoms with Gasteiger partial charge in [-0.2, -0.15) is 0 Å². The van der Waals surface area contributed by atoms with Crippen LogP contribution in [0.3, 0.4) is 0 Å². The Balaban J connectivity index is 2.00. The van der Waals surface area contributed by atoms with Gasteiger partial charge in [0, 0.05) is 6.20 Å². The van der Waals surface area contributed by atoms with Crippen LogP contribution in [0.5, 0.6) is 0 Å². The fourth-order valence-corrected chi connectivity index (χ4v) is 2.86. The number of fused-ring (bicyclic) bond motifs is 1. The van der Waals surface area contributed by atoms with E-state index in [2.05, 4.69) is 55.7 Å². The predicted molar refractivity (Wildman–Crippen MR) is 93.5 cm³/mol. The summed E-state index contributed by atoms with van der Waals surface area (Å²) in [5.74, 6) is 6.22. The zero-order chi connectivity index (χ0) is 16.4. The normalized spacial score (nSPS) is 12.3. The van der Waals surface area contributed by atoms with Crippen molar-refractivity contribution in [2.45, 2.75) is 45.4 Å². The number of rotatable bonds is 3. The molecule has 118 valence electrons. The molecular formula is C16H22ClN3OSi. The molecule has 0 atom stereocenters. The van der Waals surface area contributed by atoms with Crippen LogP contribution in [0.2, 0.25) is 23.3 Å².